The average molecular weight is 339 g/mol. The van der Waals surface area contributed by atoms with Crippen LogP contribution in [0.25, 0.3) is 0 Å². The van der Waals surface area contributed by atoms with E-state index >= 15 is 0 Å². The second kappa shape index (κ2) is 8.63. The molecule has 0 unspecified atom stereocenters. The van der Waals surface area contributed by atoms with Gasteiger partial charge in [-0.25, -0.2) is 4.79 Å². The molecule has 1 aromatic carbocycles. The largest absolute Gasteiger partial charge is 0.507 e. The van der Waals surface area contributed by atoms with Crippen molar-refractivity contribution in [3.8, 4) is 11.5 Å². The van der Waals surface area contributed by atoms with E-state index in [4.69, 9.17) is 11.6 Å². The van der Waals surface area contributed by atoms with Crippen LogP contribution in [0.4, 0.5) is 0 Å². The lowest BCUT2D eigenvalue weighted by Gasteiger charge is -2.11. The van der Waals surface area contributed by atoms with Crippen LogP contribution in [-0.4, -0.2) is 23.3 Å². The minimum Gasteiger partial charge on any atom is -0.507 e. The van der Waals surface area contributed by atoms with E-state index < -0.39 is 5.97 Å². The lowest BCUT2D eigenvalue weighted by atomic mass is 10.0. The Morgan fingerprint density at radius 1 is 1.22 bits per heavy atom. The number of carbonyl (C=O) groups excluding carboxylic acids is 1. The van der Waals surface area contributed by atoms with Crippen molar-refractivity contribution in [2.75, 3.05) is 7.11 Å². The summed E-state index contributed by atoms with van der Waals surface area (Å²) in [5, 5.41) is 20.2. The summed E-state index contributed by atoms with van der Waals surface area (Å²) in [6.07, 6.45) is 6.16. The Balaban J connectivity index is 3.01. The summed E-state index contributed by atoms with van der Waals surface area (Å²) in [6, 6.07) is 1.20. The minimum absolute atomic E-state index is 0.00814. The molecule has 0 aliphatic rings. The van der Waals surface area contributed by atoms with Gasteiger partial charge in [0, 0.05) is 5.56 Å². The molecule has 0 saturated carbocycles. The number of esters is 1. The van der Waals surface area contributed by atoms with Gasteiger partial charge in [-0.1, -0.05) is 34.9 Å². The monoisotopic (exact) mass is 338 g/mol. The number of halogens is 1. The molecule has 0 bridgehead atoms. The molecule has 0 heterocycles. The van der Waals surface area contributed by atoms with Gasteiger partial charge in [-0.2, -0.15) is 0 Å². The van der Waals surface area contributed by atoms with Crippen LogP contribution in [0.2, 0.25) is 5.02 Å². The van der Waals surface area contributed by atoms with Gasteiger partial charge in [0.1, 0.15) is 17.1 Å². The molecule has 0 atom stereocenters. The van der Waals surface area contributed by atoms with Crippen LogP contribution in [0, 0.1) is 0 Å². The molecule has 0 amide bonds. The lowest BCUT2D eigenvalue weighted by Crippen LogP contribution is -2.03. The Morgan fingerprint density at radius 2 is 1.87 bits per heavy atom. The predicted octanol–water partition coefficient (Wildman–Crippen LogP) is 4.77. The number of hydrogen-bond donors (Lipinski definition) is 2. The Kier molecular flexibility index (Phi) is 7.17. The van der Waals surface area contributed by atoms with Gasteiger partial charge >= 0.3 is 5.97 Å². The molecule has 0 aromatic heterocycles. The fourth-order valence-corrected chi connectivity index (χ4v) is 2.33. The number of benzene rings is 1. The molecule has 0 radical (unpaired) electrons. The molecule has 4 nitrogen and oxygen atoms in total. The second-order valence-electron chi connectivity index (χ2n) is 5.65. The summed E-state index contributed by atoms with van der Waals surface area (Å²) in [5.41, 5.74) is 2.56. The molecule has 0 fully saturated rings. The van der Waals surface area contributed by atoms with E-state index in [9.17, 15) is 15.0 Å². The predicted molar refractivity (Wildman–Crippen MR) is 92.2 cm³/mol. The number of ether oxygens (including phenoxy) is 1. The third-order valence-corrected chi connectivity index (χ3v) is 3.76. The molecule has 1 aromatic rings. The number of hydrogen-bond acceptors (Lipinski definition) is 4. The van der Waals surface area contributed by atoms with E-state index in [0.29, 0.717) is 0 Å². The maximum atomic E-state index is 11.6. The summed E-state index contributed by atoms with van der Waals surface area (Å²) >= 11 is 5.93. The number of phenols is 2. The van der Waals surface area contributed by atoms with Crippen molar-refractivity contribution >= 4 is 17.6 Å². The van der Waals surface area contributed by atoms with Crippen molar-refractivity contribution in [2.45, 2.75) is 40.0 Å². The Bertz CT molecular complexity index is 641. The zero-order valence-electron chi connectivity index (χ0n) is 13.9. The van der Waals surface area contributed by atoms with E-state index in [1.165, 1.54) is 18.7 Å². The highest BCUT2D eigenvalue weighted by Crippen LogP contribution is 2.38. The van der Waals surface area contributed by atoms with Crippen molar-refractivity contribution in [1.82, 2.24) is 0 Å². The second-order valence-corrected chi connectivity index (χ2v) is 6.06. The number of methoxy groups -OCH3 is 1. The smallest absolute Gasteiger partial charge is 0.341 e. The van der Waals surface area contributed by atoms with Crippen LogP contribution in [0.3, 0.4) is 0 Å². The zero-order chi connectivity index (χ0) is 17.6. The van der Waals surface area contributed by atoms with Gasteiger partial charge in [0.25, 0.3) is 0 Å². The van der Waals surface area contributed by atoms with Gasteiger partial charge in [0.05, 0.1) is 12.1 Å². The molecule has 126 valence electrons. The maximum absolute atomic E-state index is 11.6. The van der Waals surface area contributed by atoms with Crippen LogP contribution in [0.5, 0.6) is 11.5 Å². The van der Waals surface area contributed by atoms with Crippen molar-refractivity contribution in [3.05, 3.63) is 45.5 Å². The molecule has 1 rings (SSSR count). The van der Waals surface area contributed by atoms with E-state index in [0.717, 1.165) is 18.4 Å². The molecule has 23 heavy (non-hydrogen) atoms. The minimum atomic E-state index is -0.699. The van der Waals surface area contributed by atoms with Crippen molar-refractivity contribution in [2.24, 2.45) is 0 Å². The summed E-state index contributed by atoms with van der Waals surface area (Å²) in [7, 11) is 1.22. The van der Waals surface area contributed by atoms with Crippen molar-refractivity contribution in [1.29, 1.82) is 0 Å². The fraction of sp³-hybridized carbons (Fsp3) is 0.389. The van der Waals surface area contributed by atoms with Crippen LogP contribution in [-0.2, 0) is 11.2 Å². The van der Waals surface area contributed by atoms with Crippen LogP contribution in [0.15, 0.2) is 29.4 Å². The molecule has 5 heteroatoms. The maximum Gasteiger partial charge on any atom is 0.341 e. The normalized spacial score (nSPS) is 11.3. The topological polar surface area (TPSA) is 66.8 Å². The molecule has 0 aliphatic carbocycles. The summed E-state index contributed by atoms with van der Waals surface area (Å²) in [4.78, 5) is 11.6. The van der Waals surface area contributed by atoms with Gasteiger partial charge in [0.2, 0.25) is 0 Å². The first-order valence-corrected chi connectivity index (χ1v) is 7.76. The van der Waals surface area contributed by atoms with E-state index in [1.807, 2.05) is 13.0 Å². The lowest BCUT2D eigenvalue weighted by molar-refractivity contribution is 0.0597. The standard InChI is InChI=1S/C18H23ClO4/c1-11(2)6-5-7-12(3)8-9-13-16(20)14(18(22)23-4)10-15(19)17(13)21/h6,8,10,20-21H,5,7,9H2,1-4H3/b12-8+. The fourth-order valence-electron chi connectivity index (χ4n) is 2.11. The summed E-state index contributed by atoms with van der Waals surface area (Å²) in [5.74, 6) is -1.22. The Labute approximate surface area is 142 Å². The van der Waals surface area contributed by atoms with Crippen molar-refractivity contribution < 1.29 is 19.7 Å². The first kappa shape index (κ1) is 19.1. The Morgan fingerprint density at radius 3 is 2.43 bits per heavy atom. The van der Waals surface area contributed by atoms with Crippen LogP contribution < -0.4 is 0 Å². The van der Waals surface area contributed by atoms with Gasteiger partial charge in [-0.3, -0.25) is 0 Å². The van der Waals surface area contributed by atoms with E-state index in [1.54, 1.807) is 0 Å². The Hall–Kier alpha value is -1.94. The highest BCUT2D eigenvalue weighted by atomic mass is 35.5. The quantitative estimate of drug-likeness (QED) is 0.579. The van der Waals surface area contributed by atoms with Gasteiger partial charge in [-0.15, -0.1) is 0 Å². The molecule has 2 N–H and O–H groups in total. The molecular formula is C18H23ClO4. The van der Waals surface area contributed by atoms with Gasteiger partial charge < -0.3 is 14.9 Å². The molecule has 0 saturated heterocycles. The first-order valence-electron chi connectivity index (χ1n) is 7.38. The molecule has 0 spiro atoms. The molecular weight excluding hydrogens is 316 g/mol. The van der Waals surface area contributed by atoms with Gasteiger partial charge in [0.15, 0.2) is 0 Å². The van der Waals surface area contributed by atoms with E-state index in [-0.39, 0.29) is 34.1 Å². The number of aromatic hydroxyl groups is 2. The third-order valence-electron chi connectivity index (χ3n) is 3.48. The number of allylic oxidation sites excluding steroid dienone is 4. The first-order chi connectivity index (χ1) is 10.8. The average Bonchev–Trinajstić information content (AvgIpc) is 2.49. The highest BCUT2D eigenvalue weighted by Gasteiger charge is 2.20. The third kappa shape index (κ3) is 5.32. The number of phenolic OH excluding ortho intramolecular Hbond substituents is 2. The van der Waals surface area contributed by atoms with Crippen LogP contribution >= 0.6 is 11.6 Å². The van der Waals surface area contributed by atoms with E-state index in [2.05, 4.69) is 24.7 Å². The van der Waals surface area contributed by atoms with Gasteiger partial charge in [-0.05, 0) is 46.1 Å². The highest BCUT2D eigenvalue weighted by molar-refractivity contribution is 6.32. The number of carbonyl (C=O) groups is 1. The summed E-state index contributed by atoms with van der Waals surface area (Å²) < 4.78 is 4.61. The van der Waals surface area contributed by atoms with Crippen LogP contribution in [0.1, 0.15) is 49.5 Å². The summed E-state index contributed by atoms with van der Waals surface area (Å²) in [6.45, 7) is 6.09. The molecule has 0 aliphatic heterocycles. The SMILES string of the molecule is COC(=O)c1cc(Cl)c(O)c(C/C=C(\C)CCC=C(C)C)c1O. The van der Waals surface area contributed by atoms with Crippen molar-refractivity contribution in [3.63, 3.8) is 0 Å². The number of rotatable bonds is 6. The zero-order valence-corrected chi connectivity index (χ0v) is 14.7.